The molecule has 0 spiro atoms. The summed E-state index contributed by atoms with van der Waals surface area (Å²) in [5, 5.41) is 13.2. The molecule has 0 saturated carbocycles. The summed E-state index contributed by atoms with van der Waals surface area (Å²) in [4.78, 5) is 10.2. The quantitative estimate of drug-likeness (QED) is 0.500. The lowest BCUT2D eigenvalue weighted by atomic mass is 9.87. The largest absolute Gasteiger partial charge is 0.277 e. The number of amides is 1. The van der Waals surface area contributed by atoms with Crippen molar-refractivity contribution >= 4 is 12.6 Å². The molecule has 0 heterocycles. The van der Waals surface area contributed by atoms with E-state index in [1.807, 2.05) is 12.1 Å². The third-order valence-electron chi connectivity index (χ3n) is 2.92. The first-order chi connectivity index (χ1) is 9.01. The number of hydrogen-bond donors (Lipinski definition) is 1. The molecule has 100 valence electrons. The van der Waals surface area contributed by atoms with Gasteiger partial charge in [0.2, 0.25) is 6.41 Å². The van der Waals surface area contributed by atoms with Crippen LogP contribution in [0.1, 0.15) is 61.8 Å². The molecule has 0 saturated heterocycles. The van der Waals surface area contributed by atoms with Crippen LogP contribution in [0.2, 0.25) is 0 Å². The zero-order valence-corrected chi connectivity index (χ0v) is 11.8. The molecule has 0 aromatic heterocycles. The Morgan fingerprint density at radius 3 is 2.11 bits per heavy atom. The normalized spacial score (nSPS) is 11.0. The van der Waals surface area contributed by atoms with E-state index < -0.39 is 0 Å². The minimum atomic E-state index is 0.263. The standard InChI is InChI=1S/C15H19N3O/c1-10(2)13-5-12(8-17-18-9-19)6-14(11(3)4)15(13)7-16/h5-6,8-11H,1-4H3,(H,18,19)/b17-8+. The second-order valence-electron chi connectivity index (χ2n) is 5.00. The monoisotopic (exact) mass is 257 g/mol. The van der Waals surface area contributed by atoms with E-state index in [4.69, 9.17) is 0 Å². The van der Waals surface area contributed by atoms with E-state index >= 15 is 0 Å². The Bertz CT molecular complexity index is 496. The van der Waals surface area contributed by atoms with Crippen LogP contribution in [0.4, 0.5) is 0 Å². The second kappa shape index (κ2) is 6.69. The Hall–Kier alpha value is -2.15. The molecule has 0 radical (unpaired) electrons. The highest BCUT2D eigenvalue weighted by Crippen LogP contribution is 2.28. The van der Waals surface area contributed by atoms with Gasteiger partial charge in [0.25, 0.3) is 0 Å². The molecule has 0 fully saturated rings. The van der Waals surface area contributed by atoms with Crippen LogP contribution in [-0.2, 0) is 4.79 Å². The van der Waals surface area contributed by atoms with Gasteiger partial charge in [-0.1, -0.05) is 27.7 Å². The number of rotatable bonds is 5. The summed E-state index contributed by atoms with van der Waals surface area (Å²) in [7, 11) is 0. The van der Waals surface area contributed by atoms with Gasteiger partial charge in [-0.3, -0.25) is 4.79 Å². The smallest absolute Gasteiger partial charge is 0.227 e. The molecule has 19 heavy (non-hydrogen) atoms. The van der Waals surface area contributed by atoms with Crippen LogP contribution < -0.4 is 5.43 Å². The van der Waals surface area contributed by atoms with E-state index in [2.05, 4.69) is 44.3 Å². The van der Waals surface area contributed by atoms with Gasteiger partial charge < -0.3 is 0 Å². The first kappa shape index (κ1) is 14.9. The molecule has 1 N–H and O–H groups in total. The van der Waals surface area contributed by atoms with E-state index in [1.165, 1.54) is 0 Å². The first-order valence-corrected chi connectivity index (χ1v) is 6.31. The average molecular weight is 257 g/mol. The minimum Gasteiger partial charge on any atom is -0.277 e. The maximum atomic E-state index is 10.2. The summed E-state index contributed by atoms with van der Waals surface area (Å²) in [6, 6.07) is 6.20. The van der Waals surface area contributed by atoms with Crippen molar-refractivity contribution in [3.8, 4) is 6.07 Å². The zero-order valence-electron chi connectivity index (χ0n) is 11.8. The maximum absolute atomic E-state index is 10.2. The zero-order chi connectivity index (χ0) is 14.4. The van der Waals surface area contributed by atoms with Gasteiger partial charge in [0.15, 0.2) is 0 Å². The van der Waals surface area contributed by atoms with Gasteiger partial charge in [0.05, 0.1) is 17.8 Å². The highest BCUT2D eigenvalue weighted by atomic mass is 16.1. The fourth-order valence-corrected chi connectivity index (χ4v) is 1.97. The molecule has 0 unspecified atom stereocenters. The van der Waals surface area contributed by atoms with Crippen molar-refractivity contribution in [2.45, 2.75) is 39.5 Å². The third kappa shape index (κ3) is 3.65. The van der Waals surface area contributed by atoms with E-state index in [-0.39, 0.29) is 11.8 Å². The molecular weight excluding hydrogens is 238 g/mol. The highest BCUT2D eigenvalue weighted by Gasteiger charge is 2.15. The van der Waals surface area contributed by atoms with Crippen molar-refractivity contribution < 1.29 is 4.79 Å². The van der Waals surface area contributed by atoms with Crippen LogP contribution in [-0.4, -0.2) is 12.6 Å². The Labute approximate surface area is 114 Å². The van der Waals surface area contributed by atoms with Crippen molar-refractivity contribution in [3.63, 3.8) is 0 Å². The van der Waals surface area contributed by atoms with Crippen LogP contribution in [0.5, 0.6) is 0 Å². The topological polar surface area (TPSA) is 65.2 Å². The van der Waals surface area contributed by atoms with Crippen molar-refractivity contribution in [2.24, 2.45) is 5.10 Å². The number of hydrazone groups is 1. The fourth-order valence-electron chi connectivity index (χ4n) is 1.97. The lowest BCUT2D eigenvalue weighted by Gasteiger charge is -2.16. The minimum absolute atomic E-state index is 0.263. The van der Waals surface area contributed by atoms with Crippen molar-refractivity contribution in [1.29, 1.82) is 5.26 Å². The Kier molecular flexibility index (Phi) is 5.25. The van der Waals surface area contributed by atoms with Crippen molar-refractivity contribution in [2.75, 3.05) is 0 Å². The lowest BCUT2D eigenvalue weighted by molar-refractivity contribution is -0.109. The van der Waals surface area contributed by atoms with Crippen LogP contribution in [0.25, 0.3) is 0 Å². The molecule has 1 aromatic carbocycles. The lowest BCUT2D eigenvalue weighted by Crippen LogP contribution is -2.05. The number of carbonyl (C=O) groups excluding carboxylic acids is 1. The van der Waals surface area contributed by atoms with Crippen LogP contribution >= 0.6 is 0 Å². The number of carbonyl (C=O) groups is 1. The maximum Gasteiger partial charge on any atom is 0.227 e. The predicted octanol–water partition coefficient (Wildman–Crippen LogP) is 2.88. The van der Waals surface area contributed by atoms with Gasteiger partial charge in [-0.05, 0) is 40.7 Å². The molecular formula is C15H19N3O. The summed E-state index contributed by atoms with van der Waals surface area (Å²) >= 11 is 0. The molecule has 0 aliphatic heterocycles. The van der Waals surface area contributed by atoms with Crippen LogP contribution in [0.15, 0.2) is 17.2 Å². The highest BCUT2D eigenvalue weighted by molar-refractivity contribution is 5.81. The summed E-state index contributed by atoms with van der Waals surface area (Å²) in [5.74, 6) is 0.527. The van der Waals surface area contributed by atoms with Gasteiger partial charge in [0, 0.05) is 0 Å². The van der Waals surface area contributed by atoms with Gasteiger partial charge in [-0.25, -0.2) is 5.43 Å². The van der Waals surface area contributed by atoms with Crippen molar-refractivity contribution in [1.82, 2.24) is 5.43 Å². The fraction of sp³-hybridized carbons (Fsp3) is 0.400. The molecule has 0 aliphatic rings. The van der Waals surface area contributed by atoms with E-state index in [0.29, 0.717) is 6.41 Å². The number of nitrogens with one attached hydrogen (secondary N) is 1. The SMILES string of the molecule is CC(C)c1cc(/C=N/NC=O)cc(C(C)C)c1C#N. The van der Waals surface area contributed by atoms with Crippen molar-refractivity contribution in [3.05, 3.63) is 34.4 Å². The Balaban J connectivity index is 3.37. The summed E-state index contributed by atoms with van der Waals surface area (Å²) in [6.45, 7) is 8.24. The summed E-state index contributed by atoms with van der Waals surface area (Å²) in [6.07, 6.45) is 2.11. The van der Waals surface area contributed by atoms with Gasteiger partial charge in [-0.2, -0.15) is 10.4 Å². The molecule has 1 amide bonds. The summed E-state index contributed by atoms with van der Waals surface area (Å²) in [5.41, 5.74) is 5.92. The molecule has 0 bridgehead atoms. The number of nitriles is 1. The first-order valence-electron chi connectivity index (χ1n) is 6.31. The molecule has 0 aliphatic carbocycles. The van der Waals surface area contributed by atoms with Gasteiger partial charge in [0.1, 0.15) is 0 Å². The van der Waals surface area contributed by atoms with Gasteiger partial charge >= 0.3 is 0 Å². The van der Waals surface area contributed by atoms with E-state index in [9.17, 15) is 10.1 Å². The Morgan fingerprint density at radius 1 is 1.21 bits per heavy atom. The summed E-state index contributed by atoms with van der Waals surface area (Å²) < 4.78 is 0. The molecule has 0 atom stereocenters. The van der Waals surface area contributed by atoms with Crippen LogP contribution in [0, 0.1) is 11.3 Å². The number of nitrogens with zero attached hydrogens (tertiary/aromatic N) is 2. The van der Waals surface area contributed by atoms with E-state index in [1.54, 1.807) is 6.21 Å². The Morgan fingerprint density at radius 2 is 1.74 bits per heavy atom. The predicted molar refractivity (Wildman–Crippen MR) is 76.1 cm³/mol. The van der Waals surface area contributed by atoms with Crippen LogP contribution in [0.3, 0.4) is 0 Å². The molecule has 1 rings (SSSR count). The average Bonchev–Trinajstić information content (AvgIpc) is 2.37. The molecule has 4 nitrogen and oxygen atoms in total. The molecule has 1 aromatic rings. The second-order valence-corrected chi connectivity index (χ2v) is 5.00. The molecule has 4 heteroatoms. The third-order valence-corrected chi connectivity index (χ3v) is 2.92. The number of benzene rings is 1. The van der Waals surface area contributed by atoms with Gasteiger partial charge in [-0.15, -0.1) is 0 Å². The van der Waals surface area contributed by atoms with E-state index in [0.717, 1.165) is 22.3 Å². The number of hydrogen-bond acceptors (Lipinski definition) is 3.